The van der Waals surface area contributed by atoms with Crippen LogP contribution >= 0.6 is 11.6 Å². The minimum absolute atomic E-state index is 0.191. The molecule has 1 saturated heterocycles. The second-order valence-corrected chi connectivity index (χ2v) is 5.27. The molecule has 1 aliphatic rings. The van der Waals surface area contributed by atoms with Crippen LogP contribution in [-0.4, -0.2) is 46.3 Å². The summed E-state index contributed by atoms with van der Waals surface area (Å²) >= 11 is 6.04. The largest absolute Gasteiger partial charge is 0.365 e. The Morgan fingerprint density at radius 2 is 1.90 bits per heavy atom. The summed E-state index contributed by atoms with van der Waals surface area (Å²) in [5, 5.41) is 6.33. The third-order valence-corrected chi connectivity index (χ3v) is 3.88. The van der Waals surface area contributed by atoms with Gasteiger partial charge in [-0.1, -0.05) is 11.6 Å². The van der Waals surface area contributed by atoms with Crippen LogP contribution in [-0.2, 0) is 0 Å². The zero-order valence-electron chi connectivity index (χ0n) is 11.6. The summed E-state index contributed by atoms with van der Waals surface area (Å²) in [4.78, 5) is 24.2. The van der Waals surface area contributed by atoms with Crippen LogP contribution in [0.25, 0.3) is 0 Å². The van der Waals surface area contributed by atoms with E-state index in [4.69, 9.17) is 11.6 Å². The molecule has 0 amide bonds. The first-order chi connectivity index (χ1) is 10.1. The Bertz CT molecular complexity index is 695. The molecule has 2 aromatic heterocycles. The number of hydrogen-bond acceptors (Lipinski definition) is 6. The smallest absolute Gasteiger partial charge is 0.285 e. The van der Waals surface area contributed by atoms with Gasteiger partial charge in [-0.15, -0.1) is 0 Å². The molecular formula is C13H15ClN6O. The number of nitrogens with zero attached hydrogens (tertiary/aromatic N) is 5. The molecule has 8 heteroatoms. The summed E-state index contributed by atoms with van der Waals surface area (Å²) in [5.41, 5.74) is 1.27. The van der Waals surface area contributed by atoms with Crippen molar-refractivity contribution >= 4 is 23.1 Å². The van der Waals surface area contributed by atoms with E-state index >= 15 is 0 Å². The van der Waals surface area contributed by atoms with Gasteiger partial charge in [0.25, 0.3) is 5.56 Å². The fraction of sp³-hybridized carbons (Fsp3) is 0.385. The van der Waals surface area contributed by atoms with E-state index in [0.29, 0.717) is 5.69 Å². The van der Waals surface area contributed by atoms with Crippen LogP contribution < -0.4 is 15.4 Å². The summed E-state index contributed by atoms with van der Waals surface area (Å²) < 4.78 is 0. The van der Waals surface area contributed by atoms with Gasteiger partial charge in [0.15, 0.2) is 0 Å². The van der Waals surface area contributed by atoms with Crippen LogP contribution in [0.4, 0.5) is 11.5 Å². The summed E-state index contributed by atoms with van der Waals surface area (Å²) in [7, 11) is 0. The Kier molecular flexibility index (Phi) is 3.74. The average Bonchev–Trinajstić information content (AvgIpc) is 2.50. The van der Waals surface area contributed by atoms with Gasteiger partial charge in [-0.2, -0.15) is 5.10 Å². The number of aromatic nitrogens is 4. The fourth-order valence-corrected chi connectivity index (χ4v) is 2.60. The lowest BCUT2D eigenvalue weighted by Gasteiger charge is -2.36. The number of hydrogen-bond donors (Lipinski definition) is 1. The molecule has 0 aliphatic carbocycles. The molecule has 0 bridgehead atoms. The number of aromatic amines is 1. The number of nitrogens with one attached hydrogen (secondary N) is 1. The Morgan fingerprint density at radius 3 is 2.62 bits per heavy atom. The van der Waals surface area contributed by atoms with Gasteiger partial charge in [-0.3, -0.25) is 4.79 Å². The quantitative estimate of drug-likeness (QED) is 0.886. The summed E-state index contributed by atoms with van der Waals surface area (Å²) in [6.45, 7) is 5.07. The Labute approximate surface area is 126 Å². The Balaban J connectivity index is 1.73. The van der Waals surface area contributed by atoms with E-state index in [1.54, 1.807) is 12.5 Å². The molecule has 1 fully saturated rings. The molecule has 0 atom stereocenters. The fourth-order valence-electron chi connectivity index (χ4n) is 2.38. The first-order valence-corrected chi connectivity index (χ1v) is 7.04. The van der Waals surface area contributed by atoms with Crippen molar-refractivity contribution in [1.82, 2.24) is 20.2 Å². The number of piperazine rings is 1. The lowest BCUT2D eigenvalue weighted by atomic mass is 10.2. The van der Waals surface area contributed by atoms with Crippen molar-refractivity contribution in [3.05, 3.63) is 39.7 Å². The molecule has 0 aromatic carbocycles. The lowest BCUT2D eigenvalue weighted by Crippen LogP contribution is -2.47. The molecule has 110 valence electrons. The molecule has 3 rings (SSSR count). The number of aryl methyl sites for hydroxylation is 1. The van der Waals surface area contributed by atoms with Gasteiger partial charge in [0, 0.05) is 37.9 Å². The number of rotatable bonds is 2. The van der Waals surface area contributed by atoms with Crippen LogP contribution in [0.3, 0.4) is 0 Å². The van der Waals surface area contributed by atoms with E-state index in [2.05, 4.69) is 30.0 Å². The molecule has 0 saturated carbocycles. The monoisotopic (exact) mass is 306 g/mol. The number of H-pyrrole nitrogens is 1. The van der Waals surface area contributed by atoms with Crippen molar-refractivity contribution < 1.29 is 0 Å². The van der Waals surface area contributed by atoms with Gasteiger partial charge in [0.2, 0.25) is 0 Å². The highest BCUT2D eigenvalue weighted by molar-refractivity contribution is 6.33. The van der Waals surface area contributed by atoms with Gasteiger partial charge in [-0.05, 0) is 6.92 Å². The molecule has 0 radical (unpaired) electrons. The van der Waals surface area contributed by atoms with Gasteiger partial charge in [0.05, 0.1) is 11.9 Å². The van der Waals surface area contributed by atoms with Crippen molar-refractivity contribution in [2.75, 3.05) is 36.0 Å². The summed E-state index contributed by atoms with van der Waals surface area (Å²) in [5.74, 6) is 0.928. The Morgan fingerprint density at radius 1 is 1.19 bits per heavy atom. The topological polar surface area (TPSA) is 78.0 Å². The van der Waals surface area contributed by atoms with E-state index < -0.39 is 0 Å². The highest BCUT2D eigenvalue weighted by Crippen LogP contribution is 2.23. The molecule has 0 spiro atoms. The molecule has 3 heterocycles. The van der Waals surface area contributed by atoms with Crippen LogP contribution in [0.15, 0.2) is 23.4 Å². The van der Waals surface area contributed by atoms with E-state index in [-0.39, 0.29) is 10.6 Å². The average molecular weight is 307 g/mol. The molecule has 1 N–H and O–H groups in total. The molecule has 0 unspecified atom stereocenters. The predicted octanol–water partition coefficient (Wildman–Crippen LogP) is 0.848. The number of anilines is 2. The van der Waals surface area contributed by atoms with E-state index in [0.717, 1.165) is 37.7 Å². The summed E-state index contributed by atoms with van der Waals surface area (Å²) in [6.07, 6.45) is 3.17. The van der Waals surface area contributed by atoms with Crippen molar-refractivity contribution in [2.24, 2.45) is 0 Å². The van der Waals surface area contributed by atoms with Crippen molar-refractivity contribution in [3.8, 4) is 0 Å². The molecule has 7 nitrogen and oxygen atoms in total. The SMILES string of the molecule is Cc1cc(N2CCN(c3cn[nH]c(=O)c3Cl)CC2)ncn1. The first-order valence-electron chi connectivity index (χ1n) is 6.67. The van der Waals surface area contributed by atoms with E-state index in [9.17, 15) is 4.79 Å². The maximum absolute atomic E-state index is 11.5. The van der Waals surface area contributed by atoms with Gasteiger partial charge in [0.1, 0.15) is 17.2 Å². The minimum Gasteiger partial charge on any atom is -0.365 e. The van der Waals surface area contributed by atoms with Gasteiger partial charge < -0.3 is 9.80 Å². The zero-order valence-corrected chi connectivity index (χ0v) is 12.3. The lowest BCUT2D eigenvalue weighted by molar-refractivity contribution is 0.644. The van der Waals surface area contributed by atoms with Crippen molar-refractivity contribution in [3.63, 3.8) is 0 Å². The van der Waals surface area contributed by atoms with Crippen LogP contribution in [0, 0.1) is 6.92 Å². The Hall–Kier alpha value is -2.15. The predicted molar refractivity (Wildman–Crippen MR) is 81.1 cm³/mol. The number of halogens is 1. The summed E-state index contributed by atoms with van der Waals surface area (Å²) in [6, 6.07) is 1.97. The second-order valence-electron chi connectivity index (χ2n) is 4.89. The third kappa shape index (κ3) is 2.82. The standard InChI is InChI=1S/C13H15ClN6O/c1-9-6-11(16-8-15-9)20-4-2-19(3-5-20)10-7-17-18-13(21)12(10)14/h6-8H,2-5H2,1H3,(H,18,21). The van der Waals surface area contributed by atoms with Crippen LogP contribution in [0.5, 0.6) is 0 Å². The maximum atomic E-state index is 11.5. The molecular weight excluding hydrogens is 292 g/mol. The first kappa shape index (κ1) is 13.8. The van der Waals surface area contributed by atoms with E-state index in [1.165, 1.54) is 0 Å². The van der Waals surface area contributed by atoms with Crippen LogP contribution in [0.2, 0.25) is 5.02 Å². The van der Waals surface area contributed by atoms with Gasteiger partial charge in [-0.25, -0.2) is 15.1 Å². The molecule has 21 heavy (non-hydrogen) atoms. The highest BCUT2D eigenvalue weighted by Gasteiger charge is 2.21. The van der Waals surface area contributed by atoms with Gasteiger partial charge >= 0.3 is 0 Å². The molecule has 2 aromatic rings. The normalized spacial score (nSPS) is 15.3. The minimum atomic E-state index is -0.358. The highest BCUT2D eigenvalue weighted by atomic mass is 35.5. The molecule has 1 aliphatic heterocycles. The van der Waals surface area contributed by atoms with Crippen molar-refractivity contribution in [2.45, 2.75) is 6.92 Å². The van der Waals surface area contributed by atoms with Crippen molar-refractivity contribution in [1.29, 1.82) is 0 Å². The zero-order chi connectivity index (χ0) is 14.8. The van der Waals surface area contributed by atoms with Crippen LogP contribution in [0.1, 0.15) is 5.69 Å². The van der Waals surface area contributed by atoms with E-state index in [1.807, 2.05) is 13.0 Å². The second kappa shape index (κ2) is 5.69. The maximum Gasteiger partial charge on any atom is 0.285 e. The third-order valence-electron chi connectivity index (χ3n) is 3.51.